The van der Waals surface area contributed by atoms with Gasteiger partial charge in [0, 0.05) is 24.0 Å². The molecule has 0 atom stereocenters. The molecule has 0 saturated carbocycles. The number of aliphatic hydroxyl groups excluding tert-OH is 1. The first-order chi connectivity index (χ1) is 12.5. The lowest BCUT2D eigenvalue weighted by atomic mass is 10.1. The van der Waals surface area contributed by atoms with Gasteiger partial charge in [-0.25, -0.2) is 0 Å². The molecule has 0 amide bonds. The van der Waals surface area contributed by atoms with Gasteiger partial charge in [-0.2, -0.15) is 0 Å². The third-order valence-corrected chi connectivity index (χ3v) is 3.95. The van der Waals surface area contributed by atoms with Crippen molar-refractivity contribution in [2.75, 3.05) is 11.5 Å². The molecule has 3 rings (SSSR count). The molecule has 0 radical (unpaired) electrons. The van der Waals surface area contributed by atoms with Crippen molar-refractivity contribution in [2.24, 2.45) is 4.99 Å². The fourth-order valence-electron chi connectivity index (χ4n) is 2.46. The second kappa shape index (κ2) is 7.57. The Bertz CT molecular complexity index is 894. The number of aliphatic hydroxyl groups is 1. The van der Waals surface area contributed by atoms with Gasteiger partial charge in [0.05, 0.1) is 12.2 Å². The van der Waals surface area contributed by atoms with E-state index in [0.29, 0.717) is 35.9 Å². The van der Waals surface area contributed by atoms with Crippen molar-refractivity contribution in [1.29, 1.82) is 0 Å². The average molecular weight is 348 g/mol. The van der Waals surface area contributed by atoms with Gasteiger partial charge in [-0.1, -0.05) is 24.3 Å². The van der Waals surface area contributed by atoms with Gasteiger partial charge in [0.2, 0.25) is 5.78 Å². The first-order valence-corrected chi connectivity index (χ1v) is 8.15. The fourth-order valence-corrected chi connectivity index (χ4v) is 2.46. The molecule has 6 heteroatoms. The third kappa shape index (κ3) is 4.30. The molecule has 1 aliphatic carbocycles. The standard InChI is InChI=1S/C20H20N4O2/c21-15-5-1-13(2-6-15)11-23-17-9-18(20(26)10-19(17)25)24-12-14-3-7-16(22)8-4-14/h1-10,23,25H,11-12,21-22H2. The Morgan fingerprint density at radius 3 is 2.08 bits per heavy atom. The van der Waals surface area contributed by atoms with E-state index in [1.54, 1.807) is 18.2 Å². The van der Waals surface area contributed by atoms with Crippen molar-refractivity contribution in [2.45, 2.75) is 13.1 Å². The number of aliphatic imine (C=N–C) groups is 1. The lowest BCUT2D eigenvalue weighted by Gasteiger charge is -2.14. The van der Waals surface area contributed by atoms with Crippen LogP contribution in [0.3, 0.4) is 0 Å². The van der Waals surface area contributed by atoms with Crippen molar-refractivity contribution >= 4 is 22.9 Å². The number of rotatable bonds is 5. The summed E-state index contributed by atoms with van der Waals surface area (Å²) < 4.78 is 0. The van der Waals surface area contributed by atoms with Gasteiger partial charge in [-0.3, -0.25) is 9.79 Å². The van der Waals surface area contributed by atoms with Crippen LogP contribution >= 0.6 is 0 Å². The molecule has 26 heavy (non-hydrogen) atoms. The van der Waals surface area contributed by atoms with E-state index in [1.807, 2.05) is 36.4 Å². The zero-order valence-corrected chi connectivity index (χ0v) is 14.1. The lowest BCUT2D eigenvalue weighted by Crippen LogP contribution is -2.23. The van der Waals surface area contributed by atoms with Crippen LogP contribution in [0.4, 0.5) is 11.4 Å². The number of allylic oxidation sites excluding steroid dienone is 2. The highest BCUT2D eigenvalue weighted by atomic mass is 16.3. The largest absolute Gasteiger partial charge is 0.506 e. The first-order valence-electron chi connectivity index (χ1n) is 8.15. The van der Waals surface area contributed by atoms with E-state index in [0.717, 1.165) is 11.1 Å². The maximum absolute atomic E-state index is 12.1. The number of anilines is 2. The van der Waals surface area contributed by atoms with Crippen LogP contribution in [0.1, 0.15) is 11.1 Å². The number of ketones is 1. The lowest BCUT2D eigenvalue weighted by molar-refractivity contribution is -0.109. The van der Waals surface area contributed by atoms with E-state index < -0.39 is 0 Å². The normalized spacial score (nSPS) is 15.5. The molecular weight excluding hydrogens is 328 g/mol. The molecule has 0 aromatic heterocycles. The zero-order chi connectivity index (χ0) is 18.5. The molecule has 0 spiro atoms. The SMILES string of the molecule is Nc1ccc(CN=C2C=C(NCc3ccc(N)cc3)C(O)=CC2=O)cc1. The third-order valence-electron chi connectivity index (χ3n) is 3.95. The average Bonchev–Trinajstić information content (AvgIpc) is 2.63. The van der Waals surface area contributed by atoms with E-state index in [9.17, 15) is 9.90 Å². The molecule has 2 aromatic rings. The Morgan fingerprint density at radius 2 is 1.46 bits per heavy atom. The second-order valence-electron chi connectivity index (χ2n) is 5.99. The Hall–Kier alpha value is -3.54. The molecule has 0 heterocycles. The summed E-state index contributed by atoms with van der Waals surface area (Å²) in [5.74, 6) is -0.423. The zero-order valence-electron chi connectivity index (χ0n) is 14.1. The van der Waals surface area contributed by atoms with Crippen molar-refractivity contribution in [3.63, 3.8) is 0 Å². The van der Waals surface area contributed by atoms with Gasteiger partial charge in [0.25, 0.3) is 0 Å². The Labute approximate surface area is 151 Å². The van der Waals surface area contributed by atoms with Crippen molar-refractivity contribution < 1.29 is 9.90 Å². The number of nitrogen functional groups attached to an aromatic ring is 2. The number of nitrogens with one attached hydrogen (secondary N) is 1. The monoisotopic (exact) mass is 348 g/mol. The first kappa shape index (κ1) is 17.3. The smallest absolute Gasteiger partial charge is 0.207 e. The van der Waals surface area contributed by atoms with Crippen LogP contribution in [0.15, 0.2) is 77.1 Å². The van der Waals surface area contributed by atoms with E-state index in [-0.39, 0.29) is 11.5 Å². The summed E-state index contributed by atoms with van der Waals surface area (Å²) in [6.45, 7) is 0.848. The van der Waals surface area contributed by atoms with Crippen LogP contribution in [0.5, 0.6) is 0 Å². The summed E-state index contributed by atoms with van der Waals surface area (Å²) in [6, 6.07) is 14.7. The Morgan fingerprint density at radius 1 is 0.885 bits per heavy atom. The number of nitrogens with zero attached hydrogens (tertiary/aromatic N) is 1. The highest BCUT2D eigenvalue weighted by Crippen LogP contribution is 2.14. The molecule has 0 bridgehead atoms. The van der Waals surface area contributed by atoms with Crippen LogP contribution in [-0.4, -0.2) is 16.6 Å². The van der Waals surface area contributed by atoms with Gasteiger partial charge < -0.3 is 21.9 Å². The summed E-state index contributed by atoms with van der Waals surface area (Å²) in [5.41, 5.74) is 15.4. The highest BCUT2D eigenvalue weighted by Gasteiger charge is 2.18. The molecule has 0 saturated heterocycles. The molecule has 0 fully saturated rings. The molecule has 132 valence electrons. The van der Waals surface area contributed by atoms with E-state index >= 15 is 0 Å². The van der Waals surface area contributed by atoms with E-state index in [2.05, 4.69) is 10.3 Å². The number of benzene rings is 2. The molecule has 0 aliphatic heterocycles. The van der Waals surface area contributed by atoms with Crippen LogP contribution in [-0.2, 0) is 17.9 Å². The van der Waals surface area contributed by atoms with E-state index in [1.165, 1.54) is 6.08 Å². The van der Waals surface area contributed by atoms with Crippen LogP contribution in [0.25, 0.3) is 0 Å². The Balaban J connectivity index is 1.71. The van der Waals surface area contributed by atoms with Crippen molar-refractivity contribution in [3.8, 4) is 0 Å². The highest BCUT2D eigenvalue weighted by molar-refractivity contribution is 6.49. The Kier molecular flexibility index (Phi) is 5.03. The predicted octanol–water partition coefficient (Wildman–Crippen LogP) is 2.49. The molecule has 6 N–H and O–H groups in total. The fraction of sp³-hybridized carbons (Fsp3) is 0.100. The van der Waals surface area contributed by atoms with Crippen molar-refractivity contribution in [1.82, 2.24) is 5.32 Å². The van der Waals surface area contributed by atoms with Gasteiger partial charge in [0.1, 0.15) is 11.5 Å². The van der Waals surface area contributed by atoms with Gasteiger partial charge in [-0.05, 0) is 41.5 Å². The predicted molar refractivity (Wildman–Crippen MR) is 103 cm³/mol. The second-order valence-corrected chi connectivity index (χ2v) is 5.99. The van der Waals surface area contributed by atoms with Crippen LogP contribution in [0, 0.1) is 0 Å². The maximum atomic E-state index is 12.1. The van der Waals surface area contributed by atoms with E-state index in [4.69, 9.17) is 11.5 Å². The molecular formula is C20H20N4O2. The minimum Gasteiger partial charge on any atom is -0.506 e. The molecule has 2 aromatic carbocycles. The number of hydrogen-bond acceptors (Lipinski definition) is 6. The van der Waals surface area contributed by atoms with Gasteiger partial charge in [-0.15, -0.1) is 0 Å². The maximum Gasteiger partial charge on any atom is 0.207 e. The number of carbonyl (C=O) groups excluding carboxylic acids is 1. The summed E-state index contributed by atoms with van der Waals surface area (Å²) in [5, 5.41) is 13.1. The number of nitrogens with two attached hydrogens (primary N) is 2. The quantitative estimate of drug-likeness (QED) is 0.490. The van der Waals surface area contributed by atoms with Gasteiger partial charge in [0.15, 0.2) is 0 Å². The molecule has 1 aliphatic rings. The summed E-state index contributed by atoms with van der Waals surface area (Å²) in [4.78, 5) is 16.4. The summed E-state index contributed by atoms with van der Waals surface area (Å²) in [7, 11) is 0. The molecule has 6 nitrogen and oxygen atoms in total. The van der Waals surface area contributed by atoms with Crippen LogP contribution < -0.4 is 16.8 Å². The minimum atomic E-state index is -0.323. The number of hydrogen-bond donors (Lipinski definition) is 4. The summed E-state index contributed by atoms with van der Waals surface area (Å²) in [6.07, 6.45) is 2.74. The molecule has 0 unspecified atom stereocenters. The minimum absolute atomic E-state index is 0.100. The number of carbonyl (C=O) groups is 1. The van der Waals surface area contributed by atoms with Crippen LogP contribution in [0.2, 0.25) is 0 Å². The van der Waals surface area contributed by atoms with Gasteiger partial charge >= 0.3 is 0 Å². The topological polar surface area (TPSA) is 114 Å². The van der Waals surface area contributed by atoms with Crippen molar-refractivity contribution in [3.05, 3.63) is 83.3 Å². The summed E-state index contributed by atoms with van der Waals surface area (Å²) >= 11 is 0.